The maximum Gasteiger partial charge on any atom is 0.335 e. The highest BCUT2D eigenvalue weighted by Crippen LogP contribution is 2.53. The standard InChI is InChI=1S/C34H42N4O7S2Si/c1-21-24(26(39)32(2,3)4)38-29(41)25(44-10)30(38)47(42,43)34(21,8)46-31-35-27(40)28(36-37(31)9)45-48(33(5,6)7,22-17-13-11-14-18-22)23-19-15-12-16-20-23/h11-20,25,30H,1-10H3/t25-,30-,34?/m0/s1. The normalized spacial score (nSPS) is 22.6. The molecule has 2 aromatic carbocycles. The van der Waals surface area contributed by atoms with Crippen molar-refractivity contribution >= 4 is 52.0 Å². The molecule has 256 valence electrons. The van der Waals surface area contributed by atoms with Crippen LogP contribution < -0.4 is 20.4 Å². The van der Waals surface area contributed by atoms with E-state index in [0.717, 1.165) is 27.0 Å². The van der Waals surface area contributed by atoms with Gasteiger partial charge in [-0.25, -0.2) is 13.1 Å². The van der Waals surface area contributed by atoms with Crippen molar-refractivity contribution in [2.75, 3.05) is 7.11 Å². The smallest absolute Gasteiger partial charge is 0.335 e. The molecule has 0 saturated carbocycles. The summed E-state index contributed by atoms with van der Waals surface area (Å²) in [6.45, 7) is 14.3. The van der Waals surface area contributed by atoms with E-state index in [4.69, 9.17) is 9.16 Å². The van der Waals surface area contributed by atoms with Crippen molar-refractivity contribution in [3.63, 3.8) is 0 Å². The molecule has 0 spiro atoms. The lowest BCUT2D eigenvalue weighted by molar-refractivity contribution is -0.161. The maximum absolute atomic E-state index is 14.3. The molecular weight excluding hydrogens is 669 g/mol. The van der Waals surface area contributed by atoms with Gasteiger partial charge < -0.3 is 9.16 Å². The minimum absolute atomic E-state index is 0.00385. The molecule has 0 bridgehead atoms. The van der Waals surface area contributed by atoms with E-state index in [-0.39, 0.29) is 28.1 Å². The minimum atomic E-state index is -4.25. The van der Waals surface area contributed by atoms with Crippen molar-refractivity contribution in [2.24, 2.45) is 12.5 Å². The second-order valence-corrected chi connectivity index (χ2v) is 22.5. The lowest BCUT2D eigenvalue weighted by atomic mass is 9.85. The van der Waals surface area contributed by atoms with E-state index in [1.807, 2.05) is 60.7 Å². The molecule has 1 amide bonds. The molecule has 0 radical (unpaired) electrons. The van der Waals surface area contributed by atoms with Gasteiger partial charge in [0.05, 0.1) is 5.70 Å². The quantitative estimate of drug-likeness (QED) is 0.253. The van der Waals surface area contributed by atoms with Gasteiger partial charge in [0.2, 0.25) is 0 Å². The van der Waals surface area contributed by atoms with Crippen LogP contribution in [0.3, 0.4) is 0 Å². The highest BCUT2D eigenvalue weighted by Gasteiger charge is 2.67. The maximum atomic E-state index is 14.3. The van der Waals surface area contributed by atoms with Crippen LogP contribution in [0.1, 0.15) is 55.4 Å². The molecule has 2 aliphatic rings. The van der Waals surface area contributed by atoms with E-state index >= 15 is 0 Å². The summed E-state index contributed by atoms with van der Waals surface area (Å²) in [6, 6.07) is 19.6. The zero-order valence-electron chi connectivity index (χ0n) is 28.9. The number of sulfone groups is 1. The predicted molar refractivity (Wildman–Crippen MR) is 187 cm³/mol. The van der Waals surface area contributed by atoms with E-state index < -0.39 is 55.6 Å². The molecule has 3 atom stereocenters. The number of aryl methyl sites for hydroxylation is 1. The number of carbonyl (C=O) groups excluding carboxylic acids is 2. The van der Waals surface area contributed by atoms with Gasteiger partial charge in [0.15, 0.2) is 32.3 Å². The van der Waals surface area contributed by atoms with E-state index in [1.165, 1.54) is 25.6 Å². The van der Waals surface area contributed by atoms with Crippen molar-refractivity contribution in [3.05, 3.63) is 82.3 Å². The molecule has 3 aromatic rings. The summed E-state index contributed by atoms with van der Waals surface area (Å²) in [5.41, 5.74) is -1.50. The van der Waals surface area contributed by atoms with E-state index in [0.29, 0.717) is 0 Å². The zero-order chi connectivity index (χ0) is 35.6. The van der Waals surface area contributed by atoms with Crippen LogP contribution in [0.15, 0.2) is 81.9 Å². The second-order valence-electron chi connectivity index (χ2n) is 14.3. The first kappa shape index (κ1) is 35.7. The van der Waals surface area contributed by atoms with Crippen molar-refractivity contribution < 1.29 is 27.2 Å². The van der Waals surface area contributed by atoms with Crippen LogP contribution in [-0.2, 0) is 31.2 Å². The Hall–Kier alpha value is -3.59. The number of fused-ring (bicyclic) bond motifs is 1. The summed E-state index contributed by atoms with van der Waals surface area (Å²) in [5.74, 6) is -1.19. The Balaban J connectivity index is 1.65. The number of β-lactam (4-membered cyclic amide) rings is 1. The van der Waals surface area contributed by atoms with Crippen LogP contribution in [-0.4, -0.2) is 70.8 Å². The number of carbonyl (C=O) groups is 2. The summed E-state index contributed by atoms with van der Waals surface area (Å²) in [5, 5.41) is 4.55. The number of ether oxygens (including phenoxy) is 1. The fraction of sp³-hybridized carbons (Fsp3) is 0.441. The molecule has 48 heavy (non-hydrogen) atoms. The number of hydrogen-bond acceptors (Lipinski definition) is 10. The van der Waals surface area contributed by atoms with Crippen LogP contribution in [0.5, 0.6) is 5.88 Å². The van der Waals surface area contributed by atoms with Crippen LogP contribution in [0.25, 0.3) is 0 Å². The molecule has 1 aromatic heterocycles. The second kappa shape index (κ2) is 12.1. The van der Waals surface area contributed by atoms with Gasteiger partial charge in [-0.2, -0.15) is 4.98 Å². The first-order chi connectivity index (χ1) is 22.2. The third-order valence-corrected chi connectivity index (χ3v) is 18.7. The Kier molecular flexibility index (Phi) is 8.98. The first-order valence-electron chi connectivity index (χ1n) is 15.5. The highest BCUT2D eigenvalue weighted by atomic mass is 32.3. The number of hydrogen-bond donors (Lipinski definition) is 0. The number of methoxy groups -OCH3 is 1. The largest absolute Gasteiger partial charge is 0.516 e. The molecule has 14 heteroatoms. The van der Waals surface area contributed by atoms with Crippen molar-refractivity contribution in [3.8, 4) is 5.88 Å². The lowest BCUT2D eigenvalue weighted by Crippen LogP contribution is -2.73. The number of aromatic nitrogens is 3. The Morgan fingerprint density at radius 2 is 1.48 bits per heavy atom. The van der Waals surface area contributed by atoms with Gasteiger partial charge in [0, 0.05) is 19.6 Å². The number of rotatable bonds is 8. The molecule has 0 aliphatic carbocycles. The Bertz CT molecular complexity index is 1930. The molecular formula is C34H42N4O7S2Si. The molecule has 0 N–H and O–H groups in total. The van der Waals surface area contributed by atoms with E-state index in [2.05, 4.69) is 30.9 Å². The van der Waals surface area contributed by atoms with Gasteiger partial charge in [-0.05, 0) is 34.8 Å². The SMILES string of the molecule is CO[C@H]1C(=O)N2C(C(=O)C(C)(C)C)=C(C)C(C)(Sc3nc(=O)c(O[Si](c4ccccc4)(c4ccccc4)C(C)(C)C)nn3C)S(=O)(=O)[C@@H]12. The molecule has 2 aliphatic heterocycles. The molecule has 1 unspecified atom stereocenters. The molecule has 5 rings (SSSR count). The topological polar surface area (TPSA) is 138 Å². The number of allylic oxidation sites excluding steroid dienone is 1. The van der Waals surface area contributed by atoms with Gasteiger partial charge in [0.1, 0.15) is 4.08 Å². The summed E-state index contributed by atoms with van der Waals surface area (Å²) >= 11 is 0.786. The molecule has 1 fully saturated rings. The van der Waals surface area contributed by atoms with Crippen LogP contribution >= 0.6 is 11.8 Å². The van der Waals surface area contributed by atoms with E-state index in [9.17, 15) is 22.8 Å². The number of Topliss-reactive ketones (excluding diaryl/α,β-unsaturated/α-hetero) is 1. The number of benzene rings is 2. The Morgan fingerprint density at radius 1 is 0.958 bits per heavy atom. The fourth-order valence-corrected chi connectivity index (χ4v) is 14.6. The fourth-order valence-electron chi connectivity index (χ4n) is 6.35. The van der Waals surface area contributed by atoms with Gasteiger partial charge >= 0.3 is 13.9 Å². The molecule has 1 saturated heterocycles. The van der Waals surface area contributed by atoms with Crippen LogP contribution in [0.2, 0.25) is 5.04 Å². The van der Waals surface area contributed by atoms with Gasteiger partial charge in [0.25, 0.3) is 11.8 Å². The average molecular weight is 711 g/mol. The van der Waals surface area contributed by atoms with Crippen molar-refractivity contribution in [2.45, 2.75) is 81.1 Å². The summed E-state index contributed by atoms with van der Waals surface area (Å²) in [7, 11) is -4.67. The zero-order valence-corrected chi connectivity index (χ0v) is 31.5. The van der Waals surface area contributed by atoms with Crippen molar-refractivity contribution in [1.82, 2.24) is 19.7 Å². The number of amides is 1. The third-order valence-electron chi connectivity index (χ3n) is 9.13. The predicted octanol–water partition coefficient (Wildman–Crippen LogP) is 3.42. The third kappa shape index (κ3) is 5.37. The first-order valence-corrected chi connectivity index (χ1v) is 19.8. The highest BCUT2D eigenvalue weighted by molar-refractivity contribution is 8.15. The minimum Gasteiger partial charge on any atom is -0.516 e. The monoisotopic (exact) mass is 710 g/mol. The lowest BCUT2D eigenvalue weighted by Gasteiger charge is -2.53. The van der Waals surface area contributed by atoms with Gasteiger partial charge in [-0.1, -0.05) is 114 Å². The number of ketones is 1. The Morgan fingerprint density at radius 3 is 1.94 bits per heavy atom. The summed E-state index contributed by atoms with van der Waals surface area (Å²) < 4.78 is 40.3. The van der Waals surface area contributed by atoms with Crippen molar-refractivity contribution in [1.29, 1.82) is 0 Å². The number of nitrogens with zero attached hydrogens (tertiary/aromatic N) is 4. The molecule has 11 nitrogen and oxygen atoms in total. The Labute approximate surface area is 286 Å². The van der Waals surface area contributed by atoms with E-state index in [1.54, 1.807) is 27.8 Å². The summed E-state index contributed by atoms with van der Waals surface area (Å²) in [6.07, 6.45) is -1.28. The van der Waals surface area contributed by atoms with Gasteiger partial charge in [-0.15, -0.1) is 5.10 Å². The number of thioether (sulfide) groups is 1. The van der Waals surface area contributed by atoms with Gasteiger partial charge in [-0.3, -0.25) is 19.3 Å². The average Bonchev–Trinajstić information content (AvgIpc) is 3.01. The summed E-state index contributed by atoms with van der Waals surface area (Å²) in [4.78, 5) is 46.0. The van der Waals surface area contributed by atoms with Crippen LogP contribution in [0.4, 0.5) is 0 Å². The van der Waals surface area contributed by atoms with Crippen LogP contribution in [0, 0.1) is 5.41 Å². The molecule has 3 heterocycles.